The Kier molecular flexibility index (Phi) is 6.97. The molecule has 1 aliphatic carbocycles. The molecular weight excluding hydrogens is 353 g/mol. The predicted octanol–water partition coefficient (Wildman–Crippen LogP) is 3.23. The zero-order valence-corrected chi connectivity index (χ0v) is 13.6. The first-order valence-corrected chi connectivity index (χ1v) is 6.49. The number of rotatable bonds is 5. The summed E-state index contributed by atoms with van der Waals surface area (Å²) in [7, 11) is 1.65. The standard InChI is InChI=1S/C14H21N3O.HI/c1-18-13-7-5-12(6-8-13)17-14(15)16-10-9-11-3-2-4-11;/h5-8,11H,2-4,9-10H2,1H3,(H3,15,16,17);1H. The molecule has 0 unspecified atom stereocenters. The van der Waals surface area contributed by atoms with Gasteiger partial charge >= 0.3 is 0 Å². The van der Waals surface area contributed by atoms with Gasteiger partial charge in [0.2, 0.25) is 0 Å². The van der Waals surface area contributed by atoms with Crippen LogP contribution in [0.5, 0.6) is 5.75 Å². The lowest BCUT2D eigenvalue weighted by Gasteiger charge is -2.24. The Morgan fingerprint density at radius 2 is 2.05 bits per heavy atom. The minimum absolute atomic E-state index is 0. The molecule has 1 aromatic rings. The highest BCUT2D eigenvalue weighted by atomic mass is 127. The zero-order valence-electron chi connectivity index (χ0n) is 11.3. The zero-order chi connectivity index (χ0) is 12.8. The van der Waals surface area contributed by atoms with Crippen LogP contribution in [0.4, 0.5) is 5.69 Å². The van der Waals surface area contributed by atoms with E-state index < -0.39 is 0 Å². The lowest BCUT2D eigenvalue weighted by molar-refractivity contribution is 0.300. The van der Waals surface area contributed by atoms with Gasteiger partial charge in [0, 0.05) is 12.2 Å². The van der Waals surface area contributed by atoms with E-state index in [9.17, 15) is 0 Å². The molecule has 19 heavy (non-hydrogen) atoms. The fourth-order valence-electron chi connectivity index (χ4n) is 2.01. The number of halogens is 1. The number of nitrogens with two attached hydrogens (primary N) is 1. The first-order valence-electron chi connectivity index (χ1n) is 6.49. The highest BCUT2D eigenvalue weighted by molar-refractivity contribution is 14.0. The number of anilines is 1. The van der Waals surface area contributed by atoms with E-state index in [0.29, 0.717) is 5.96 Å². The molecule has 4 nitrogen and oxygen atoms in total. The summed E-state index contributed by atoms with van der Waals surface area (Å²) in [5.41, 5.74) is 6.76. The average Bonchev–Trinajstić information content (AvgIpc) is 2.33. The summed E-state index contributed by atoms with van der Waals surface area (Å²) in [6.45, 7) is 0.819. The van der Waals surface area contributed by atoms with Gasteiger partial charge < -0.3 is 15.8 Å². The first-order chi connectivity index (χ1) is 8.78. The molecule has 1 fully saturated rings. The van der Waals surface area contributed by atoms with Crippen molar-refractivity contribution >= 4 is 35.6 Å². The van der Waals surface area contributed by atoms with Crippen molar-refractivity contribution in [3.05, 3.63) is 24.3 Å². The van der Waals surface area contributed by atoms with Gasteiger partial charge in [-0.3, -0.25) is 4.99 Å². The average molecular weight is 375 g/mol. The lowest BCUT2D eigenvalue weighted by Crippen LogP contribution is -2.23. The molecule has 0 spiro atoms. The Morgan fingerprint density at radius 1 is 1.37 bits per heavy atom. The molecule has 0 atom stereocenters. The maximum Gasteiger partial charge on any atom is 0.193 e. The van der Waals surface area contributed by atoms with Gasteiger partial charge in [0.15, 0.2) is 5.96 Å². The Morgan fingerprint density at radius 3 is 2.58 bits per heavy atom. The van der Waals surface area contributed by atoms with Gasteiger partial charge in [0.05, 0.1) is 7.11 Å². The van der Waals surface area contributed by atoms with E-state index >= 15 is 0 Å². The van der Waals surface area contributed by atoms with E-state index in [-0.39, 0.29) is 24.0 Å². The van der Waals surface area contributed by atoms with Crippen LogP contribution in [0.2, 0.25) is 0 Å². The molecular formula is C14H22IN3O. The minimum atomic E-state index is 0. The van der Waals surface area contributed by atoms with Gasteiger partial charge in [0.1, 0.15) is 5.75 Å². The van der Waals surface area contributed by atoms with Crippen molar-refractivity contribution in [1.29, 1.82) is 0 Å². The fourth-order valence-corrected chi connectivity index (χ4v) is 2.01. The Hall–Kier alpha value is -0.980. The number of benzene rings is 1. The normalized spacial score (nSPS) is 15.3. The van der Waals surface area contributed by atoms with Crippen molar-refractivity contribution < 1.29 is 4.74 Å². The van der Waals surface area contributed by atoms with Crippen molar-refractivity contribution in [2.75, 3.05) is 19.0 Å². The lowest BCUT2D eigenvalue weighted by atomic mass is 9.83. The van der Waals surface area contributed by atoms with E-state index in [4.69, 9.17) is 10.5 Å². The minimum Gasteiger partial charge on any atom is -0.497 e. The van der Waals surface area contributed by atoms with Crippen molar-refractivity contribution in [1.82, 2.24) is 0 Å². The van der Waals surface area contributed by atoms with Gasteiger partial charge in [0.25, 0.3) is 0 Å². The van der Waals surface area contributed by atoms with Crippen LogP contribution >= 0.6 is 24.0 Å². The van der Waals surface area contributed by atoms with Crippen LogP contribution in [-0.4, -0.2) is 19.6 Å². The van der Waals surface area contributed by atoms with E-state index in [1.54, 1.807) is 7.11 Å². The predicted molar refractivity (Wildman–Crippen MR) is 90.5 cm³/mol. The second-order valence-corrected chi connectivity index (χ2v) is 4.71. The molecule has 3 N–H and O–H groups in total. The molecule has 1 aromatic carbocycles. The molecule has 2 rings (SSSR count). The van der Waals surface area contributed by atoms with Crippen molar-refractivity contribution in [3.63, 3.8) is 0 Å². The summed E-state index contributed by atoms with van der Waals surface area (Å²) in [6.07, 6.45) is 5.27. The molecule has 0 aliphatic heterocycles. The van der Waals surface area contributed by atoms with E-state index in [2.05, 4.69) is 10.3 Å². The van der Waals surface area contributed by atoms with Gasteiger partial charge in [-0.2, -0.15) is 0 Å². The van der Waals surface area contributed by atoms with Gasteiger partial charge in [-0.15, -0.1) is 24.0 Å². The number of aliphatic imine (C=N–C) groups is 1. The Balaban J connectivity index is 0.00000180. The number of nitrogens with zero attached hydrogens (tertiary/aromatic N) is 1. The van der Waals surface area contributed by atoms with Crippen LogP contribution in [0.25, 0.3) is 0 Å². The summed E-state index contributed by atoms with van der Waals surface area (Å²) in [5, 5.41) is 3.08. The second-order valence-electron chi connectivity index (χ2n) is 4.71. The summed E-state index contributed by atoms with van der Waals surface area (Å²) in [5.74, 6) is 2.20. The summed E-state index contributed by atoms with van der Waals surface area (Å²) in [6, 6.07) is 7.63. The SMILES string of the molecule is COc1ccc(NC(N)=NCCC2CCC2)cc1.I. The van der Waals surface area contributed by atoms with Crippen LogP contribution in [0.3, 0.4) is 0 Å². The summed E-state index contributed by atoms with van der Waals surface area (Å²) >= 11 is 0. The topological polar surface area (TPSA) is 59.6 Å². The number of hydrogen-bond donors (Lipinski definition) is 2. The largest absolute Gasteiger partial charge is 0.497 e. The molecule has 0 radical (unpaired) electrons. The van der Waals surface area contributed by atoms with E-state index in [0.717, 1.165) is 30.3 Å². The maximum absolute atomic E-state index is 5.83. The van der Waals surface area contributed by atoms with Gasteiger partial charge in [-0.1, -0.05) is 19.3 Å². The number of hydrogen-bond acceptors (Lipinski definition) is 2. The van der Waals surface area contributed by atoms with Crippen LogP contribution in [0, 0.1) is 5.92 Å². The molecule has 5 heteroatoms. The van der Waals surface area contributed by atoms with Crippen LogP contribution in [0.15, 0.2) is 29.3 Å². The number of ether oxygens (including phenoxy) is 1. The van der Waals surface area contributed by atoms with Crippen LogP contribution in [0.1, 0.15) is 25.7 Å². The van der Waals surface area contributed by atoms with E-state index in [1.807, 2.05) is 24.3 Å². The number of guanidine groups is 1. The molecule has 1 saturated carbocycles. The molecule has 0 saturated heterocycles. The molecule has 0 heterocycles. The number of methoxy groups -OCH3 is 1. The molecule has 0 amide bonds. The van der Waals surface area contributed by atoms with Crippen LogP contribution < -0.4 is 15.8 Å². The first kappa shape index (κ1) is 16.1. The second kappa shape index (κ2) is 8.24. The van der Waals surface area contributed by atoms with Crippen molar-refractivity contribution in [3.8, 4) is 5.75 Å². The smallest absolute Gasteiger partial charge is 0.193 e. The molecule has 106 valence electrons. The monoisotopic (exact) mass is 375 g/mol. The van der Waals surface area contributed by atoms with Crippen molar-refractivity contribution in [2.24, 2.45) is 16.6 Å². The van der Waals surface area contributed by atoms with Crippen molar-refractivity contribution in [2.45, 2.75) is 25.7 Å². The van der Waals surface area contributed by atoms with Gasteiger partial charge in [-0.25, -0.2) is 0 Å². The Labute approximate surface area is 131 Å². The number of nitrogens with one attached hydrogen (secondary N) is 1. The van der Waals surface area contributed by atoms with E-state index in [1.165, 1.54) is 19.3 Å². The van der Waals surface area contributed by atoms with Crippen LogP contribution in [-0.2, 0) is 0 Å². The summed E-state index contributed by atoms with van der Waals surface area (Å²) < 4.78 is 5.09. The quantitative estimate of drug-likeness (QED) is 0.472. The maximum atomic E-state index is 5.83. The highest BCUT2D eigenvalue weighted by Gasteiger charge is 2.16. The highest BCUT2D eigenvalue weighted by Crippen LogP contribution is 2.29. The van der Waals surface area contributed by atoms with Gasteiger partial charge in [-0.05, 0) is 36.6 Å². The summed E-state index contributed by atoms with van der Waals surface area (Å²) in [4.78, 5) is 4.34. The third-order valence-corrected chi connectivity index (χ3v) is 3.41. The Bertz CT molecular complexity index is 402. The third kappa shape index (κ3) is 5.26. The molecule has 0 bridgehead atoms. The molecule has 1 aliphatic rings. The fraction of sp³-hybridized carbons (Fsp3) is 0.500. The molecule has 0 aromatic heterocycles. The third-order valence-electron chi connectivity index (χ3n) is 3.41.